The van der Waals surface area contributed by atoms with Gasteiger partial charge in [0.25, 0.3) is 0 Å². The lowest BCUT2D eigenvalue weighted by Gasteiger charge is -2.39. The van der Waals surface area contributed by atoms with Crippen molar-refractivity contribution in [1.82, 2.24) is 5.32 Å². The summed E-state index contributed by atoms with van der Waals surface area (Å²) in [6.07, 6.45) is 1.21. The predicted octanol–water partition coefficient (Wildman–Crippen LogP) is 4.23. The Bertz CT molecular complexity index is 882. The topological polar surface area (TPSA) is 64.6 Å². The van der Waals surface area contributed by atoms with Crippen molar-refractivity contribution in [1.29, 1.82) is 0 Å². The molecule has 1 aromatic rings. The minimum Gasteiger partial charge on any atom is -0.496 e. The third kappa shape index (κ3) is 3.55. The van der Waals surface area contributed by atoms with E-state index in [0.29, 0.717) is 23.3 Å². The van der Waals surface area contributed by atoms with Gasteiger partial charge in [-0.2, -0.15) is 0 Å². The Morgan fingerprint density at radius 2 is 1.96 bits per heavy atom. The number of Topliss-reactive ketones (excluding diaryl/α,β-unsaturated/α-hetero) is 1. The van der Waals surface area contributed by atoms with Gasteiger partial charge in [0.2, 0.25) is 0 Å². The number of esters is 1. The van der Waals surface area contributed by atoms with Crippen LogP contribution in [0.15, 0.2) is 45.2 Å². The Morgan fingerprint density at radius 1 is 1.26 bits per heavy atom. The van der Waals surface area contributed by atoms with Gasteiger partial charge in [-0.3, -0.25) is 4.79 Å². The summed E-state index contributed by atoms with van der Waals surface area (Å²) in [6, 6.07) is 5.64. The van der Waals surface area contributed by atoms with Crippen LogP contribution in [0.3, 0.4) is 0 Å². The molecule has 0 bridgehead atoms. The van der Waals surface area contributed by atoms with Crippen molar-refractivity contribution < 1.29 is 19.1 Å². The molecule has 2 aliphatic rings. The first-order valence-corrected chi connectivity index (χ1v) is 9.63. The number of nitrogens with one attached hydrogen (secondary N) is 1. The highest BCUT2D eigenvalue weighted by atomic mass is 79.9. The van der Waals surface area contributed by atoms with Gasteiger partial charge in [0.05, 0.1) is 24.3 Å². The fourth-order valence-corrected chi connectivity index (χ4v) is 4.57. The zero-order chi connectivity index (χ0) is 19.9. The largest absolute Gasteiger partial charge is 0.496 e. The molecule has 144 valence electrons. The van der Waals surface area contributed by atoms with Gasteiger partial charge in [0.15, 0.2) is 5.78 Å². The summed E-state index contributed by atoms with van der Waals surface area (Å²) < 4.78 is 11.1. The van der Waals surface area contributed by atoms with E-state index in [9.17, 15) is 9.59 Å². The summed E-state index contributed by atoms with van der Waals surface area (Å²) in [5, 5.41) is 3.31. The van der Waals surface area contributed by atoms with Gasteiger partial charge in [-0.05, 0) is 52.4 Å². The minimum atomic E-state index is -0.459. The van der Waals surface area contributed by atoms with Crippen LogP contribution in [0, 0.1) is 5.41 Å². The predicted molar refractivity (Wildman–Crippen MR) is 106 cm³/mol. The van der Waals surface area contributed by atoms with Crippen LogP contribution < -0.4 is 10.1 Å². The van der Waals surface area contributed by atoms with Crippen LogP contribution in [0.2, 0.25) is 0 Å². The normalized spacial score (nSPS) is 21.6. The molecule has 0 amide bonds. The van der Waals surface area contributed by atoms with Crippen molar-refractivity contribution in [3.05, 3.63) is 50.8 Å². The Morgan fingerprint density at radius 3 is 2.56 bits per heavy atom. The first kappa shape index (κ1) is 19.7. The molecule has 5 nitrogen and oxygen atoms in total. The number of ether oxygens (including phenoxy) is 2. The first-order chi connectivity index (χ1) is 12.7. The average Bonchev–Trinajstić information content (AvgIpc) is 2.58. The molecule has 1 atom stereocenters. The first-order valence-electron chi connectivity index (χ1n) is 8.84. The molecule has 0 spiro atoms. The van der Waals surface area contributed by atoms with Crippen LogP contribution >= 0.6 is 15.9 Å². The lowest BCUT2D eigenvalue weighted by molar-refractivity contribution is -0.136. The number of carbonyl (C=O) groups excluding carboxylic acids is 2. The molecule has 0 radical (unpaired) electrons. The summed E-state index contributed by atoms with van der Waals surface area (Å²) in [5.74, 6) is -0.126. The molecule has 27 heavy (non-hydrogen) atoms. The number of halogens is 1. The summed E-state index contributed by atoms with van der Waals surface area (Å²) in [7, 11) is 2.96. The van der Waals surface area contributed by atoms with Crippen molar-refractivity contribution in [2.24, 2.45) is 5.41 Å². The number of ketones is 1. The van der Waals surface area contributed by atoms with E-state index in [1.165, 1.54) is 7.11 Å². The molecular weight excluding hydrogens is 410 g/mol. The summed E-state index contributed by atoms with van der Waals surface area (Å²) >= 11 is 3.51. The van der Waals surface area contributed by atoms with Crippen LogP contribution in [-0.4, -0.2) is 26.0 Å². The van der Waals surface area contributed by atoms with Crippen molar-refractivity contribution in [3.63, 3.8) is 0 Å². The summed E-state index contributed by atoms with van der Waals surface area (Å²) in [6.45, 7) is 6.03. The third-order valence-corrected chi connectivity index (χ3v) is 5.77. The van der Waals surface area contributed by atoms with E-state index in [-0.39, 0.29) is 11.2 Å². The van der Waals surface area contributed by atoms with Gasteiger partial charge in [0.1, 0.15) is 5.75 Å². The molecule has 0 unspecified atom stereocenters. The number of benzene rings is 1. The van der Waals surface area contributed by atoms with E-state index in [1.807, 2.05) is 25.1 Å². The lowest BCUT2D eigenvalue weighted by atomic mass is 9.68. The fourth-order valence-electron chi connectivity index (χ4n) is 4.01. The average molecular weight is 434 g/mol. The number of dihydropyridines is 1. The molecule has 1 aliphatic carbocycles. The number of rotatable bonds is 3. The molecule has 1 N–H and O–H groups in total. The van der Waals surface area contributed by atoms with Gasteiger partial charge in [0, 0.05) is 29.3 Å². The summed E-state index contributed by atoms with van der Waals surface area (Å²) in [4.78, 5) is 25.7. The van der Waals surface area contributed by atoms with Crippen LogP contribution in [-0.2, 0) is 14.3 Å². The molecular formula is C21H24BrNO4. The lowest BCUT2D eigenvalue weighted by Crippen LogP contribution is -2.38. The number of hydrogen-bond donors (Lipinski definition) is 1. The van der Waals surface area contributed by atoms with Crippen LogP contribution in [0.1, 0.15) is 45.1 Å². The highest BCUT2D eigenvalue weighted by molar-refractivity contribution is 9.10. The van der Waals surface area contributed by atoms with Gasteiger partial charge in [-0.15, -0.1) is 0 Å². The minimum absolute atomic E-state index is 0.0691. The maximum absolute atomic E-state index is 13.1. The summed E-state index contributed by atoms with van der Waals surface area (Å²) in [5.41, 5.74) is 3.50. The van der Waals surface area contributed by atoms with Crippen LogP contribution in [0.4, 0.5) is 0 Å². The van der Waals surface area contributed by atoms with E-state index >= 15 is 0 Å². The number of allylic oxidation sites excluding steroid dienone is 3. The van der Waals surface area contributed by atoms with Gasteiger partial charge < -0.3 is 14.8 Å². The second-order valence-electron chi connectivity index (χ2n) is 7.82. The van der Waals surface area contributed by atoms with Crippen LogP contribution in [0.5, 0.6) is 5.75 Å². The Labute approximate surface area is 167 Å². The van der Waals surface area contributed by atoms with E-state index < -0.39 is 11.9 Å². The second-order valence-corrected chi connectivity index (χ2v) is 8.67. The van der Waals surface area contributed by atoms with Crippen molar-refractivity contribution in [2.45, 2.75) is 39.5 Å². The highest BCUT2D eigenvalue weighted by Gasteiger charge is 2.43. The molecule has 3 rings (SSSR count). The van der Waals surface area contributed by atoms with Gasteiger partial charge in [-0.1, -0.05) is 19.9 Å². The standard InChI is InChI=1S/C21H24BrNO4/c1-11-17(20(25)27-5)18(12-6-7-16(26-4)13(22)8-12)19-14(23-11)9-21(2,3)10-15(19)24/h6-8,18,23H,9-10H2,1-5H3/t18-/m1/s1. The van der Waals surface area contributed by atoms with Gasteiger partial charge in [-0.25, -0.2) is 4.79 Å². The maximum atomic E-state index is 13.1. The molecule has 0 saturated carbocycles. The Balaban J connectivity index is 2.21. The number of methoxy groups -OCH3 is 2. The van der Waals surface area contributed by atoms with E-state index in [2.05, 4.69) is 35.1 Å². The third-order valence-electron chi connectivity index (χ3n) is 5.15. The van der Waals surface area contributed by atoms with Crippen molar-refractivity contribution in [3.8, 4) is 5.75 Å². The maximum Gasteiger partial charge on any atom is 0.336 e. The fraction of sp³-hybridized carbons (Fsp3) is 0.429. The highest BCUT2D eigenvalue weighted by Crippen LogP contribution is 2.47. The molecule has 0 aromatic heterocycles. The van der Waals surface area contributed by atoms with Crippen molar-refractivity contribution in [2.75, 3.05) is 14.2 Å². The van der Waals surface area contributed by atoms with Gasteiger partial charge >= 0.3 is 5.97 Å². The molecule has 0 fully saturated rings. The monoisotopic (exact) mass is 433 g/mol. The molecule has 6 heteroatoms. The zero-order valence-electron chi connectivity index (χ0n) is 16.2. The number of carbonyl (C=O) groups is 2. The molecule has 1 heterocycles. The Hall–Kier alpha value is -2.08. The SMILES string of the molecule is COC(=O)C1=C(C)NC2=C(C(=O)CC(C)(C)C2)[C@@H]1c1ccc(OC)c(Br)c1. The second kappa shape index (κ2) is 7.15. The van der Waals surface area contributed by atoms with Crippen molar-refractivity contribution >= 4 is 27.7 Å². The smallest absolute Gasteiger partial charge is 0.336 e. The molecule has 1 aromatic carbocycles. The Kier molecular flexibility index (Phi) is 5.21. The quantitative estimate of drug-likeness (QED) is 0.722. The van der Waals surface area contributed by atoms with E-state index in [0.717, 1.165) is 27.9 Å². The zero-order valence-corrected chi connectivity index (χ0v) is 17.8. The number of hydrogen-bond acceptors (Lipinski definition) is 5. The van der Waals surface area contributed by atoms with Crippen LogP contribution in [0.25, 0.3) is 0 Å². The molecule has 1 aliphatic heterocycles. The van der Waals surface area contributed by atoms with E-state index in [1.54, 1.807) is 7.11 Å². The molecule has 0 saturated heterocycles. The van der Waals surface area contributed by atoms with E-state index in [4.69, 9.17) is 9.47 Å².